The van der Waals surface area contributed by atoms with Crippen LogP contribution in [0, 0.1) is 13.8 Å². The van der Waals surface area contributed by atoms with Crippen LogP contribution >= 0.6 is 11.3 Å². The number of thiophene rings is 1. The molecule has 1 aliphatic carbocycles. The van der Waals surface area contributed by atoms with Gasteiger partial charge in [0, 0.05) is 18.1 Å². The van der Waals surface area contributed by atoms with Gasteiger partial charge in [0.05, 0.1) is 0 Å². The van der Waals surface area contributed by atoms with Gasteiger partial charge < -0.3 is 0 Å². The molecule has 0 amide bonds. The molecule has 0 bridgehead atoms. The van der Waals surface area contributed by atoms with E-state index in [-0.39, 0.29) is 5.41 Å². The van der Waals surface area contributed by atoms with E-state index in [0.717, 1.165) is 0 Å². The van der Waals surface area contributed by atoms with Gasteiger partial charge in [-0.2, -0.15) is 0 Å². The number of fused-ring (bicyclic) bond motifs is 3. The molecule has 0 N–H and O–H groups in total. The van der Waals surface area contributed by atoms with Crippen LogP contribution in [0.4, 0.5) is 0 Å². The van der Waals surface area contributed by atoms with E-state index in [1.54, 1.807) is 11.1 Å². The number of rotatable bonds is 15. The molecule has 4 rings (SSSR count). The second-order valence-corrected chi connectivity index (χ2v) is 12.6. The SMILES string of the molecule is CCCCCCCCC1(CCCCCCCC)c2cc(C)ccc2-c2ccc(-c3ccc(C)s3)cc21.[3H][3H]. The van der Waals surface area contributed by atoms with Gasteiger partial charge in [-0.25, -0.2) is 0 Å². The molecule has 1 heteroatoms. The van der Waals surface area contributed by atoms with Crippen LogP contribution in [0.15, 0.2) is 48.5 Å². The minimum Gasteiger partial charge on any atom is -0.141 e. The van der Waals surface area contributed by atoms with Gasteiger partial charge >= 0.3 is 0 Å². The smallest absolute Gasteiger partial charge is 0.0345 e. The number of hydrogen-bond acceptors (Lipinski definition) is 1. The molecule has 1 aliphatic rings. The molecule has 0 atom stereocenters. The number of benzene rings is 2. The Hall–Kier alpha value is -1.86. The van der Waals surface area contributed by atoms with Crippen molar-refractivity contribution < 1.29 is 2.97 Å². The minimum atomic E-state index is 0.175. The van der Waals surface area contributed by atoms with E-state index in [9.17, 15) is 0 Å². The molecule has 3 aromatic rings. The van der Waals surface area contributed by atoms with Crippen LogP contribution in [0.3, 0.4) is 0 Å². The lowest BCUT2D eigenvalue weighted by atomic mass is 9.70. The molecule has 36 heavy (non-hydrogen) atoms. The van der Waals surface area contributed by atoms with Gasteiger partial charge in [0.2, 0.25) is 0 Å². The Morgan fingerprint density at radius 2 is 1.19 bits per heavy atom. The third kappa shape index (κ3) is 6.16. The van der Waals surface area contributed by atoms with Crippen molar-refractivity contribution in [2.45, 2.75) is 123 Å². The highest BCUT2D eigenvalue weighted by Gasteiger charge is 2.42. The third-order valence-corrected chi connectivity index (χ3v) is 9.50. The highest BCUT2D eigenvalue weighted by Crippen LogP contribution is 2.55. The lowest BCUT2D eigenvalue weighted by Crippen LogP contribution is -2.25. The quantitative estimate of drug-likeness (QED) is 0.180. The maximum absolute atomic E-state index is 5.00. The summed E-state index contributed by atoms with van der Waals surface area (Å²) in [6, 6.07) is 19.3. The molecule has 0 saturated heterocycles. The largest absolute Gasteiger partial charge is 0.141 e. The summed E-state index contributed by atoms with van der Waals surface area (Å²) in [5.41, 5.74) is 9.24. The fourth-order valence-electron chi connectivity index (χ4n) is 6.43. The van der Waals surface area contributed by atoms with Gasteiger partial charge in [-0.3, -0.25) is 0 Å². The highest BCUT2D eigenvalue weighted by atomic mass is 32.1. The standard InChI is InChI=1S/C35H48S.H2/c1-5-7-9-11-13-15-23-35(24-16-14-12-10-8-6-2)32-25-27(3)17-20-30(32)31-21-19-29(26-33(31)35)34-22-18-28(4)36-34;/h17-22,25-26H,5-16,23-24H2,1-4H3;1H/i;1+2T. The van der Waals surface area contributed by atoms with Gasteiger partial charge in [0.1, 0.15) is 0 Å². The average molecular weight is 507 g/mol. The van der Waals surface area contributed by atoms with Crippen molar-refractivity contribution in [1.29, 1.82) is 0 Å². The third-order valence-electron chi connectivity index (χ3n) is 8.46. The van der Waals surface area contributed by atoms with Crippen LogP contribution < -0.4 is 0 Å². The zero-order chi connectivity index (χ0) is 27.4. The molecule has 0 nitrogen and oxygen atoms in total. The molecular formula is C35H50S. The molecule has 0 saturated carbocycles. The van der Waals surface area contributed by atoms with E-state index in [2.05, 4.69) is 76.2 Å². The predicted molar refractivity (Wildman–Crippen MR) is 164 cm³/mol. The fraction of sp³-hybridized carbons (Fsp3) is 0.543. The molecule has 2 aromatic carbocycles. The first-order chi connectivity index (χ1) is 18.6. The van der Waals surface area contributed by atoms with Gasteiger partial charge in [-0.1, -0.05) is 127 Å². The van der Waals surface area contributed by atoms with Gasteiger partial charge in [-0.15, -0.1) is 11.3 Å². The molecule has 196 valence electrons. The summed E-state index contributed by atoms with van der Waals surface area (Å²) in [7, 11) is 0. The van der Waals surface area contributed by atoms with Crippen LogP contribution in [-0.4, -0.2) is 0 Å². The Bertz CT molecular complexity index is 1100. The van der Waals surface area contributed by atoms with Crippen molar-refractivity contribution in [2.24, 2.45) is 0 Å². The van der Waals surface area contributed by atoms with E-state index < -0.39 is 0 Å². The summed E-state index contributed by atoms with van der Waals surface area (Å²) < 4.78 is 10.0. The van der Waals surface area contributed by atoms with E-state index in [0.29, 0.717) is 0 Å². The van der Waals surface area contributed by atoms with E-state index >= 15 is 0 Å². The molecule has 0 radical (unpaired) electrons. The number of unbranched alkanes of at least 4 members (excludes halogenated alkanes) is 10. The predicted octanol–water partition coefficient (Wildman–Crippen LogP) is 12.0. The molecule has 0 fully saturated rings. The van der Waals surface area contributed by atoms with E-state index in [1.165, 1.54) is 122 Å². The average Bonchev–Trinajstić information content (AvgIpc) is 3.48. The highest BCUT2D eigenvalue weighted by molar-refractivity contribution is 7.15. The van der Waals surface area contributed by atoms with Gasteiger partial charge in [0.25, 0.3) is 0 Å². The monoisotopic (exact) mass is 506 g/mol. The number of aryl methyl sites for hydroxylation is 2. The first-order valence-corrected chi connectivity index (χ1v) is 15.7. The Morgan fingerprint density at radius 1 is 0.639 bits per heavy atom. The van der Waals surface area contributed by atoms with Crippen LogP contribution in [0.25, 0.3) is 21.6 Å². The van der Waals surface area contributed by atoms with Crippen molar-refractivity contribution in [3.05, 3.63) is 70.1 Å². The maximum atomic E-state index is 5.00. The number of hydrogen-bond donors (Lipinski definition) is 0. The fourth-order valence-corrected chi connectivity index (χ4v) is 7.29. The lowest BCUT2D eigenvalue weighted by molar-refractivity contribution is 0.398. The summed E-state index contributed by atoms with van der Waals surface area (Å²) in [6.07, 6.45) is 19.0. The summed E-state index contributed by atoms with van der Waals surface area (Å²) in [4.78, 5) is 2.81. The zero-order valence-corrected chi connectivity index (χ0v) is 24.2. The Morgan fingerprint density at radius 3 is 1.78 bits per heavy atom. The normalized spacial score (nSPS) is 13.9. The Kier molecular flexibility index (Phi) is 9.37. The van der Waals surface area contributed by atoms with Crippen LogP contribution in [0.2, 0.25) is 0 Å². The lowest BCUT2D eigenvalue weighted by Gasteiger charge is -2.33. The molecule has 1 heterocycles. The Labute approximate surface area is 228 Å². The molecular weight excluding hydrogens is 452 g/mol. The van der Waals surface area contributed by atoms with Gasteiger partial charge in [0.15, 0.2) is 0 Å². The van der Waals surface area contributed by atoms with Crippen LogP contribution in [-0.2, 0) is 5.41 Å². The zero-order valence-electron chi connectivity index (χ0n) is 25.4. The first kappa shape index (κ1) is 25.8. The van der Waals surface area contributed by atoms with E-state index in [1.807, 2.05) is 11.3 Å². The van der Waals surface area contributed by atoms with Crippen molar-refractivity contribution in [1.82, 2.24) is 0 Å². The molecule has 0 spiro atoms. The second-order valence-electron chi connectivity index (χ2n) is 11.3. The maximum Gasteiger partial charge on any atom is 0.0345 e. The summed E-state index contributed by atoms with van der Waals surface area (Å²) in [6.45, 7) is 9.14. The van der Waals surface area contributed by atoms with Crippen molar-refractivity contribution in [2.75, 3.05) is 0 Å². The summed E-state index contributed by atoms with van der Waals surface area (Å²) >= 11 is 1.93. The van der Waals surface area contributed by atoms with Crippen LogP contribution in [0.5, 0.6) is 0 Å². The molecule has 0 unspecified atom stereocenters. The van der Waals surface area contributed by atoms with Gasteiger partial charge in [-0.05, 0) is 72.7 Å². The molecule has 1 aromatic heterocycles. The van der Waals surface area contributed by atoms with Crippen molar-refractivity contribution in [3.8, 4) is 21.6 Å². The first-order valence-electron chi connectivity index (χ1n) is 15.9. The summed E-state index contributed by atoms with van der Waals surface area (Å²) in [5.74, 6) is 0. The van der Waals surface area contributed by atoms with Crippen LogP contribution in [0.1, 0.15) is 128 Å². The van der Waals surface area contributed by atoms with Crippen molar-refractivity contribution in [3.63, 3.8) is 0 Å². The second kappa shape index (κ2) is 13.1. The Balaban J connectivity index is 0.00000195. The molecule has 0 aliphatic heterocycles. The summed E-state index contributed by atoms with van der Waals surface area (Å²) in [5, 5.41) is 0. The van der Waals surface area contributed by atoms with Crippen molar-refractivity contribution >= 4 is 11.3 Å². The minimum absolute atomic E-state index is 0.175. The topological polar surface area (TPSA) is 0 Å². The van der Waals surface area contributed by atoms with E-state index in [4.69, 9.17) is 2.97 Å².